The quantitative estimate of drug-likeness (QED) is 0.504. The Labute approximate surface area is 87.4 Å². The van der Waals surface area contributed by atoms with E-state index in [0.717, 1.165) is 0 Å². The van der Waals surface area contributed by atoms with Crippen molar-refractivity contribution in [2.45, 2.75) is 0 Å². The number of ether oxygens (including phenoxy) is 1. The summed E-state index contributed by atoms with van der Waals surface area (Å²) in [7, 11) is 0. The van der Waals surface area contributed by atoms with Crippen LogP contribution in [0.4, 0.5) is 0 Å². The van der Waals surface area contributed by atoms with Crippen LogP contribution < -0.4 is 0 Å². The molecule has 2 aliphatic rings. The molecule has 0 saturated carbocycles. The highest BCUT2D eigenvalue weighted by molar-refractivity contribution is 5.91. The second-order valence-corrected chi connectivity index (χ2v) is 3.33. The SMILES string of the molecule is O=C(OC(=O)C1C=CC=C1)C1C=CC=C1. The van der Waals surface area contributed by atoms with Crippen LogP contribution in [0.25, 0.3) is 0 Å². The molecule has 3 heteroatoms. The molecule has 0 unspecified atom stereocenters. The lowest BCUT2D eigenvalue weighted by molar-refractivity contribution is -0.161. The number of carbonyl (C=O) groups excluding carboxylic acids is 2. The number of esters is 2. The third kappa shape index (κ3) is 2.13. The maximum atomic E-state index is 11.4. The lowest BCUT2D eigenvalue weighted by Gasteiger charge is -2.07. The second-order valence-electron chi connectivity index (χ2n) is 3.33. The fraction of sp³-hybridized carbons (Fsp3) is 0.167. The Morgan fingerprint density at radius 1 is 0.733 bits per heavy atom. The van der Waals surface area contributed by atoms with Gasteiger partial charge in [0.05, 0.1) is 11.8 Å². The van der Waals surface area contributed by atoms with E-state index < -0.39 is 23.8 Å². The summed E-state index contributed by atoms with van der Waals surface area (Å²) in [5, 5.41) is 0. The first kappa shape index (κ1) is 9.65. The summed E-state index contributed by atoms with van der Waals surface area (Å²) in [6.45, 7) is 0. The van der Waals surface area contributed by atoms with Crippen LogP contribution in [0, 0.1) is 11.8 Å². The molecule has 0 heterocycles. The number of hydrogen-bond donors (Lipinski definition) is 0. The number of allylic oxidation sites excluding steroid dienone is 4. The molecule has 0 aliphatic heterocycles. The number of rotatable bonds is 2. The Balaban J connectivity index is 1.91. The minimum atomic E-state index is -0.515. The van der Waals surface area contributed by atoms with Crippen molar-refractivity contribution in [2.75, 3.05) is 0 Å². The van der Waals surface area contributed by atoms with Gasteiger partial charge in [-0.05, 0) is 0 Å². The van der Waals surface area contributed by atoms with E-state index >= 15 is 0 Å². The highest BCUT2D eigenvalue weighted by Gasteiger charge is 2.23. The molecule has 0 fully saturated rings. The van der Waals surface area contributed by atoms with Gasteiger partial charge in [-0.15, -0.1) is 0 Å². The van der Waals surface area contributed by atoms with Crippen molar-refractivity contribution in [2.24, 2.45) is 11.8 Å². The van der Waals surface area contributed by atoms with Crippen molar-refractivity contribution in [1.29, 1.82) is 0 Å². The molecule has 0 aromatic rings. The molecule has 0 radical (unpaired) electrons. The molecule has 0 atom stereocenters. The third-order valence-electron chi connectivity index (χ3n) is 2.24. The molecule has 2 aliphatic carbocycles. The van der Waals surface area contributed by atoms with Gasteiger partial charge in [-0.25, -0.2) is 0 Å². The number of hydrogen-bond acceptors (Lipinski definition) is 3. The molecule has 0 saturated heterocycles. The Kier molecular flexibility index (Phi) is 2.63. The van der Waals surface area contributed by atoms with Gasteiger partial charge in [-0.1, -0.05) is 48.6 Å². The second kappa shape index (κ2) is 4.09. The molecule has 0 N–H and O–H groups in total. The van der Waals surface area contributed by atoms with Gasteiger partial charge >= 0.3 is 11.9 Å². The zero-order valence-corrected chi connectivity index (χ0v) is 8.00. The number of carbonyl (C=O) groups is 2. The molecule has 15 heavy (non-hydrogen) atoms. The summed E-state index contributed by atoms with van der Waals surface area (Å²) in [4.78, 5) is 22.8. The van der Waals surface area contributed by atoms with Crippen molar-refractivity contribution in [3.05, 3.63) is 48.6 Å². The molecular formula is C12H10O3. The normalized spacial score (nSPS) is 18.9. The first-order chi connectivity index (χ1) is 7.27. The molecule has 0 amide bonds. The fourth-order valence-electron chi connectivity index (χ4n) is 1.41. The van der Waals surface area contributed by atoms with E-state index in [4.69, 9.17) is 4.74 Å². The molecule has 76 valence electrons. The largest absolute Gasteiger partial charge is 0.392 e. The molecule has 0 spiro atoms. The van der Waals surface area contributed by atoms with Crippen LogP contribution in [0.5, 0.6) is 0 Å². The lowest BCUT2D eigenvalue weighted by atomic mass is 10.1. The van der Waals surface area contributed by atoms with Crippen LogP contribution in [0.15, 0.2) is 48.6 Å². The zero-order valence-electron chi connectivity index (χ0n) is 8.00. The highest BCUT2D eigenvalue weighted by atomic mass is 16.6. The van der Waals surface area contributed by atoms with Crippen LogP contribution in [-0.2, 0) is 14.3 Å². The summed E-state index contributed by atoms with van der Waals surface area (Å²) < 4.78 is 4.74. The molecule has 3 nitrogen and oxygen atoms in total. The summed E-state index contributed by atoms with van der Waals surface area (Å²) in [6.07, 6.45) is 13.8. The average Bonchev–Trinajstić information content (AvgIpc) is 2.91. The maximum Gasteiger partial charge on any atom is 0.324 e. The molecular weight excluding hydrogens is 192 g/mol. The minimum absolute atomic E-state index is 0.414. The Morgan fingerprint density at radius 2 is 1.07 bits per heavy atom. The van der Waals surface area contributed by atoms with Gasteiger partial charge < -0.3 is 4.74 Å². The van der Waals surface area contributed by atoms with E-state index in [1.165, 1.54) is 0 Å². The van der Waals surface area contributed by atoms with Gasteiger partial charge in [0.1, 0.15) is 0 Å². The topological polar surface area (TPSA) is 43.4 Å². The van der Waals surface area contributed by atoms with Gasteiger partial charge in [0, 0.05) is 0 Å². The molecule has 0 aromatic carbocycles. The third-order valence-corrected chi connectivity index (χ3v) is 2.24. The molecule has 0 aromatic heterocycles. The predicted molar refractivity (Wildman–Crippen MR) is 54.6 cm³/mol. The van der Waals surface area contributed by atoms with Crippen LogP contribution in [0.3, 0.4) is 0 Å². The smallest absolute Gasteiger partial charge is 0.324 e. The van der Waals surface area contributed by atoms with E-state index in [0.29, 0.717) is 0 Å². The van der Waals surface area contributed by atoms with Gasteiger partial charge in [-0.2, -0.15) is 0 Å². The van der Waals surface area contributed by atoms with Gasteiger partial charge in [0.25, 0.3) is 0 Å². The highest BCUT2D eigenvalue weighted by Crippen LogP contribution is 2.15. The predicted octanol–water partition coefficient (Wildman–Crippen LogP) is 1.54. The standard InChI is InChI=1S/C12H10O3/c13-11(9-5-1-2-6-9)15-12(14)10-7-3-4-8-10/h1-10H. The van der Waals surface area contributed by atoms with E-state index in [-0.39, 0.29) is 0 Å². The first-order valence-electron chi connectivity index (χ1n) is 4.73. The van der Waals surface area contributed by atoms with Gasteiger partial charge in [0.2, 0.25) is 0 Å². The summed E-state index contributed by atoms with van der Waals surface area (Å²) >= 11 is 0. The Morgan fingerprint density at radius 3 is 1.40 bits per heavy atom. The van der Waals surface area contributed by atoms with Crippen LogP contribution in [-0.4, -0.2) is 11.9 Å². The Hall–Kier alpha value is -1.90. The van der Waals surface area contributed by atoms with Crippen LogP contribution >= 0.6 is 0 Å². The van der Waals surface area contributed by atoms with Gasteiger partial charge in [0.15, 0.2) is 0 Å². The monoisotopic (exact) mass is 202 g/mol. The zero-order chi connectivity index (χ0) is 10.7. The average molecular weight is 202 g/mol. The van der Waals surface area contributed by atoms with Crippen LogP contribution in [0.1, 0.15) is 0 Å². The summed E-state index contributed by atoms with van der Waals surface area (Å²) in [5.74, 6) is -1.86. The molecule has 2 rings (SSSR count). The molecule has 0 bridgehead atoms. The van der Waals surface area contributed by atoms with Crippen molar-refractivity contribution in [1.82, 2.24) is 0 Å². The van der Waals surface area contributed by atoms with E-state index in [9.17, 15) is 9.59 Å². The minimum Gasteiger partial charge on any atom is -0.392 e. The first-order valence-corrected chi connectivity index (χ1v) is 4.73. The van der Waals surface area contributed by atoms with Crippen molar-refractivity contribution in [3.8, 4) is 0 Å². The fourth-order valence-corrected chi connectivity index (χ4v) is 1.41. The summed E-state index contributed by atoms with van der Waals surface area (Å²) in [6, 6.07) is 0. The maximum absolute atomic E-state index is 11.4. The Bertz CT molecular complexity index is 337. The van der Waals surface area contributed by atoms with E-state index in [1.54, 1.807) is 48.6 Å². The van der Waals surface area contributed by atoms with Gasteiger partial charge in [-0.3, -0.25) is 9.59 Å². The van der Waals surface area contributed by atoms with E-state index in [1.807, 2.05) is 0 Å². The van der Waals surface area contributed by atoms with E-state index in [2.05, 4.69) is 0 Å². The van der Waals surface area contributed by atoms with Crippen molar-refractivity contribution >= 4 is 11.9 Å². The summed E-state index contributed by atoms with van der Waals surface area (Å²) in [5.41, 5.74) is 0. The lowest BCUT2D eigenvalue weighted by Crippen LogP contribution is -2.21. The van der Waals surface area contributed by atoms with Crippen molar-refractivity contribution < 1.29 is 14.3 Å². The van der Waals surface area contributed by atoms with Crippen LogP contribution in [0.2, 0.25) is 0 Å². The van der Waals surface area contributed by atoms with Crippen molar-refractivity contribution in [3.63, 3.8) is 0 Å².